The van der Waals surface area contributed by atoms with Crippen molar-refractivity contribution in [1.82, 2.24) is 0 Å². The summed E-state index contributed by atoms with van der Waals surface area (Å²) in [6, 6.07) is 24.3. The highest BCUT2D eigenvalue weighted by atomic mass is 19.1. The number of fused-ring (bicyclic) bond motifs is 3. The number of nitrogens with zero attached hydrogens (tertiary/aromatic N) is 2. The zero-order valence-corrected chi connectivity index (χ0v) is 21.5. The maximum absolute atomic E-state index is 13.5. The van der Waals surface area contributed by atoms with Crippen LogP contribution in [-0.2, 0) is 17.7 Å². The molecule has 3 aromatic rings. The molecule has 6 rings (SSSR count). The smallest absolute Gasteiger partial charge is 0.415 e. The molecule has 1 atom stereocenters. The fraction of sp³-hybridized carbons (Fsp3) is 0.387. The van der Waals surface area contributed by atoms with E-state index >= 15 is 0 Å². The van der Waals surface area contributed by atoms with E-state index in [4.69, 9.17) is 9.47 Å². The second-order valence-corrected chi connectivity index (χ2v) is 10.3. The number of amides is 1. The van der Waals surface area contributed by atoms with Gasteiger partial charge in [-0.2, -0.15) is 0 Å². The average Bonchev–Trinajstić information content (AvgIpc) is 2.94. The van der Waals surface area contributed by atoms with E-state index in [1.807, 2.05) is 49.4 Å². The maximum atomic E-state index is 13.5. The first kappa shape index (κ1) is 25.3. The monoisotopic (exact) mass is 503 g/mol. The number of rotatable bonds is 9. The topological polar surface area (TPSA) is 38.8 Å². The van der Waals surface area contributed by atoms with Gasteiger partial charge in [0.15, 0.2) is 6.10 Å². The van der Waals surface area contributed by atoms with Crippen molar-refractivity contribution in [3.05, 3.63) is 95.8 Å². The van der Waals surface area contributed by atoms with Crippen molar-refractivity contribution in [2.75, 3.05) is 37.7 Å². The first-order valence-electron chi connectivity index (χ1n) is 13.4. The van der Waals surface area contributed by atoms with E-state index in [9.17, 15) is 9.18 Å². The van der Waals surface area contributed by atoms with Crippen molar-refractivity contribution in [2.45, 2.75) is 38.8 Å². The fourth-order valence-electron chi connectivity index (χ4n) is 5.79. The molecule has 0 aromatic heterocycles. The Bertz CT molecular complexity index is 1160. The number of carbonyl (C=O) groups is 1. The summed E-state index contributed by atoms with van der Waals surface area (Å²) in [4.78, 5) is 15.2. The number of benzene rings is 3. The van der Waals surface area contributed by atoms with Gasteiger partial charge < -0.3 is 14.0 Å². The Hall–Kier alpha value is -3.38. The quantitative estimate of drug-likeness (QED) is 0.326. The Morgan fingerprint density at radius 2 is 1.62 bits per heavy atom. The third kappa shape index (κ3) is 6.13. The predicted molar refractivity (Wildman–Crippen MR) is 143 cm³/mol. The number of ether oxygens (including phenoxy) is 2. The van der Waals surface area contributed by atoms with Crippen molar-refractivity contribution in [3.8, 4) is 5.75 Å². The average molecular weight is 504 g/mol. The molecular formula is C31H36FN2O3+. The Kier molecular flexibility index (Phi) is 7.75. The Morgan fingerprint density at radius 1 is 0.946 bits per heavy atom. The SMILES string of the molecule is CCOc1ccc(CC[N+]23CCC(CC2)[C@@H](OC(=O)N(Cc2ccc(F)cc2)c2ccccc2)C3)cc1. The van der Waals surface area contributed by atoms with Crippen molar-refractivity contribution >= 4 is 11.8 Å². The summed E-state index contributed by atoms with van der Waals surface area (Å²) in [5, 5.41) is 0. The molecule has 0 unspecified atom stereocenters. The zero-order chi connectivity index (χ0) is 25.7. The lowest BCUT2D eigenvalue weighted by atomic mass is 9.83. The van der Waals surface area contributed by atoms with Crippen LogP contribution in [0, 0.1) is 11.7 Å². The normalized spacial score (nSPS) is 22.4. The van der Waals surface area contributed by atoms with Crippen LogP contribution in [-0.4, -0.2) is 49.5 Å². The molecule has 3 aliphatic rings. The van der Waals surface area contributed by atoms with Gasteiger partial charge in [0.05, 0.1) is 32.8 Å². The highest BCUT2D eigenvalue weighted by molar-refractivity contribution is 5.87. The molecule has 3 fully saturated rings. The Labute approximate surface area is 219 Å². The maximum Gasteiger partial charge on any atom is 0.415 e. The number of piperidine rings is 3. The number of para-hydroxylation sites is 1. The van der Waals surface area contributed by atoms with Crippen LogP contribution < -0.4 is 9.64 Å². The van der Waals surface area contributed by atoms with Crippen molar-refractivity contribution in [2.24, 2.45) is 5.92 Å². The van der Waals surface area contributed by atoms with E-state index in [1.165, 1.54) is 17.7 Å². The highest BCUT2D eigenvalue weighted by Gasteiger charge is 2.47. The van der Waals surface area contributed by atoms with E-state index in [2.05, 4.69) is 12.1 Å². The van der Waals surface area contributed by atoms with Gasteiger partial charge >= 0.3 is 6.09 Å². The molecule has 0 saturated carbocycles. The molecule has 2 bridgehead atoms. The van der Waals surface area contributed by atoms with Crippen LogP contribution in [0.3, 0.4) is 0 Å². The second kappa shape index (κ2) is 11.3. The summed E-state index contributed by atoms with van der Waals surface area (Å²) in [6.45, 7) is 7.21. The molecule has 1 amide bonds. The van der Waals surface area contributed by atoms with E-state index in [-0.39, 0.29) is 18.0 Å². The van der Waals surface area contributed by atoms with Gasteiger partial charge in [-0.15, -0.1) is 0 Å². The van der Waals surface area contributed by atoms with Crippen LogP contribution in [0.15, 0.2) is 78.9 Å². The van der Waals surface area contributed by atoms with Crippen LogP contribution >= 0.6 is 0 Å². The number of carbonyl (C=O) groups excluding carboxylic acids is 1. The van der Waals surface area contributed by atoms with Gasteiger partial charge in [-0.1, -0.05) is 42.5 Å². The minimum atomic E-state index is -0.334. The summed E-state index contributed by atoms with van der Waals surface area (Å²) in [5.74, 6) is 1.04. The zero-order valence-electron chi connectivity index (χ0n) is 21.5. The van der Waals surface area contributed by atoms with E-state index < -0.39 is 0 Å². The molecule has 0 aliphatic carbocycles. The van der Waals surface area contributed by atoms with Gasteiger partial charge in [0, 0.05) is 30.9 Å². The largest absolute Gasteiger partial charge is 0.494 e. The lowest BCUT2D eigenvalue weighted by Gasteiger charge is -2.52. The van der Waals surface area contributed by atoms with Crippen LogP contribution in [0.4, 0.5) is 14.9 Å². The molecule has 3 aliphatic heterocycles. The number of hydrogen-bond acceptors (Lipinski definition) is 3. The number of anilines is 1. The second-order valence-electron chi connectivity index (χ2n) is 10.3. The predicted octanol–water partition coefficient (Wildman–Crippen LogP) is 6.22. The van der Waals surface area contributed by atoms with Crippen molar-refractivity contribution in [1.29, 1.82) is 0 Å². The summed E-state index contributed by atoms with van der Waals surface area (Å²) in [7, 11) is 0. The molecule has 3 saturated heterocycles. The highest BCUT2D eigenvalue weighted by Crippen LogP contribution is 2.36. The Balaban J connectivity index is 1.25. The lowest BCUT2D eigenvalue weighted by Crippen LogP contribution is -2.65. The van der Waals surface area contributed by atoms with Gasteiger partial charge in [0.1, 0.15) is 18.1 Å². The van der Waals surface area contributed by atoms with Crippen LogP contribution in [0.1, 0.15) is 30.9 Å². The van der Waals surface area contributed by atoms with Gasteiger partial charge in [0.2, 0.25) is 0 Å². The number of hydrogen-bond donors (Lipinski definition) is 0. The molecule has 3 aromatic carbocycles. The molecule has 6 heteroatoms. The Morgan fingerprint density at radius 3 is 2.30 bits per heavy atom. The summed E-state index contributed by atoms with van der Waals surface area (Å²) >= 11 is 0. The molecule has 3 heterocycles. The van der Waals surface area contributed by atoms with E-state index in [0.717, 1.165) is 66.9 Å². The minimum Gasteiger partial charge on any atom is -0.494 e. The molecular weight excluding hydrogens is 467 g/mol. The molecule has 0 spiro atoms. The first-order valence-corrected chi connectivity index (χ1v) is 13.4. The molecule has 0 N–H and O–H groups in total. The van der Waals surface area contributed by atoms with Gasteiger partial charge in [0.25, 0.3) is 0 Å². The van der Waals surface area contributed by atoms with Crippen molar-refractivity contribution in [3.63, 3.8) is 0 Å². The lowest BCUT2D eigenvalue weighted by molar-refractivity contribution is -0.945. The molecule has 194 valence electrons. The third-order valence-electron chi connectivity index (χ3n) is 7.95. The van der Waals surface area contributed by atoms with Crippen LogP contribution in [0.2, 0.25) is 0 Å². The van der Waals surface area contributed by atoms with Gasteiger partial charge in [-0.05, 0) is 54.4 Å². The van der Waals surface area contributed by atoms with Gasteiger partial charge in [-0.3, -0.25) is 4.90 Å². The third-order valence-corrected chi connectivity index (χ3v) is 7.95. The van der Waals surface area contributed by atoms with E-state index in [1.54, 1.807) is 17.0 Å². The minimum absolute atomic E-state index is 0.0882. The van der Waals surface area contributed by atoms with Crippen LogP contribution in [0.25, 0.3) is 0 Å². The number of quaternary nitrogens is 1. The number of halogens is 1. The van der Waals surface area contributed by atoms with Crippen LogP contribution in [0.5, 0.6) is 5.75 Å². The van der Waals surface area contributed by atoms with Gasteiger partial charge in [-0.25, -0.2) is 9.18 Å². The molecule has 0 radical (unpaired) electrons. The van der Waals surface area contributed by atoms with E-state index in [0.29, 0.717) is 19.1 Å². The summed E-state index contributed by atoms with van der Waals surface area (Å²) < 4.78 is 26.3. The van der Waals surface area contributed by atoms with Crippen molar-refractivity contribution < 1.29 is 23.1 Å². The molecule has 37 heavy (non-hydrogen) atoms. The standard InChI is InChI=1S/C31H36FN2O3/c1-2-36-29-14-10-24(11-15-29)16-19-34-20-17-26(18-21-34)30(23-34)37-31(35)33(28-6-4-3-5-7-28)22-25-8-12-27(32)13-9-25/h3-15,26,30H,2,16-23H2,1H3/q+1/t26?,30-,34?/m0/s1. The molecule has 5 nitrogen and oxygen atoms in total. The first-order chi connectivity index (χ1) is 18.0. The summed E-state index contributed by atoms with van der Waals surface area (Å²) in [6.07, 6.45) is 2.75. The fourth-order valence-corrected chi connectivity index (χ4v) is 5.79. The summed E-state index contributed by atoms with van der Waals surface area (Å²) in [5.41, 5.74) is 2.94.